The molecule has 346 valence electrons. The molecule has 0 radical (unpaired) electrons. The average Bonchev–Trinajstić information content (AvgIpc) is 3.23. The summed E-state index contributed by atoms with van der Waals surface area (Å²) in [5.41, 5.74) is 1.13. The zero-order valence-corrected chi connectivity index (χ0v) is 39.6. The van der Waals surface area contributed by atoms with Crippen LogP contribution < -0.4 is 9.47 Å². The lowest BCUT2D eigenvalue weighted by Crippen LogP contribution is -2.11. The van der Waals surface area contributed by atoms with Crippen LogP contribution >= 0.6 is 0 Å². The summed E-state index contributed by atoms with van der Waals surface area (Å²) in [6.07, 6.45) is 46.2. The number of carbonyl (C=O) groups excluding carboxylic acids is 2. The van der Waals surface area contributed by atoms with Gasteiger partial charge in [0.1, 0.15) is 11.5 Å². The highest BCUT2D eigenvalue weighted by molar-refractivity contribution is 5.69. The van der Waals surface area contributed by atoms with Crippen LogP contribution in [0.4, 0.5) is 0 Å². The van der Waals surface area contributed by atoms with Crippen molar-refractivity contribution in [2.24, 2.45) is 0 Å². The molecule has 0 N–H and O–H groups in total. The van der Waals surface area contributed by atoms with Gasteiger partial charge in [0.25, 0.3) is 0 Å². The SMILES string of the molecule is CCCCCCCCC=CCCCCCCCC(=O)OCCCCOc1cc(CN(C)C)cc(OCCCCOC(=O)CCCCCCCC=CCCCCCCCC)c1. The van der Waals surface area contributed by atoms with E-state index in [1.54, 1.807) is 0 Å². The van der Waals surface area contributed by atoms with Crippen molar-refractivity contribution in [3.05, 3.63) is 48.1 Å². The predicted octanol–water partition coefficient (Wildman–Crippen LogP) is 15.2. The molecule has 1 rings (SSSR count). The van der Waals surface area contributed by atoms with Crippen LogP contribution in [0, 0.1) is 0 Å². The van der Waals surface area contributed by atoms with Gasteiger partial charge in [0.05, 0.1) is 26.4 Å². The van der Waals surface area contributed by atoms with E-state index in [1.165, 1.54) is 141 Å². The van der Waals surface area contributed by atoms with Gasteiger partial charge >= 0.3 is 11.9 Å². The van der Waals surface area contributed by atoms with E-state index >= 15 is 0 Å². The van der Waals surface area contributed by atoms with E-state index in [9.17, 15) is 9.59 Å². The smallest absolute Gasteiger partial charge is 0.305 e. The molecular formula is C53H93NO6. The monoisotopic (exact) mass is 840 g/mol. The summed E-state index contributed by atoms with van der Waals surface area (Å²) in [4.78, 5) is 26.5. The molecule has 0 heterocycles. The van der Waals surface area contributed by atoms with Crippen LogP contribution in [0.1, 0.15) is 225 Å². The second-order valence-corrected chi connectivity index (χ2v) is 17.3. The number of rotatable bonds is 44. The van der Waals surface area contributed by atoms with Crippen molar-refractivity contribution < 1.29 is 28.5 Å². The summed E-state index contributed by atoms with van der Waals surface area (Å²) in [5.74, 6) is 1.41. The Kier molecular flexibility index (Phi) is 39.5. The fourth-order valence-electron chi connectivity index (χ4n) is 7.24. The summed E-state index contributed by atoms with van der Waals surface area (Å²) in [5, 5.41) is 0. The van der Waals surface area contributed by atoms with E-state index in [0.717, 1.165) is 75.0 Å². The highest BCUT2D eigenvalue weighted by atomic mass is 16.5. The number of hydrogen-bond donors (Lipinski definition) is 0. The first-order chi connectivity index (χ1) is 29.4. The third kappa shape index (κ3) is 38.1. The number of esters is 2. The second kappa shape index (κ2) is 42.9. The summed E-state index contributed by atoms with van der Waals surface area (Å²) >= 11 is 0. The minimum atomic E-state index is -0.0846. The van der Waals surface area contributed by atoms with Crippen molar-refractivity contribution in [2.45, 2.75) is 226 Å². The summed E-state index contributed by atoms with van der Waals surface area (Å²) < 4.78 is 23.1. The molecule has 0 fully saturated rings. The van der Waals surface area contributed by atoms with Gasteiger partial charge in [-0.05, 0) is 122 Å². The Morgan fingerprint density at radius 3 is 1.13 bits per heavy atom. The van der Waals surface area contributed by atoms with Crippen LogP contribution in [0.2, 0.25) is 0 Å². The van der Waals surface area contributed by atoms with Gasteiger partial charge in [0, 0.05) is 25.5 Å². The van der Waals surface area contributed by atoms with Crippen molar-refractivity contribution >= 4 is 11.9 Å². The Bertz CT molecular complexity index is 1100. The quantitative estimate of drug-likeness (QED) is 0.0368. The maximum Gasteiger partial charge on any atom is 0.305 e. The highest BCUT2D eigenvalue weighted by Gasteiger charge is 2.08. The molecule has 1 aromatic rings. The molecule has 0 spiro atoms. The van der Waals surface area contributed by atoms with Crippen molar-refractivity contribution in [2.75, 3.05) is 40.5 Å². The molecule has 1 aromatic carbocycles. The third-order valence-electron chi connectivity index (χ3n) is 10.9. The lowest BCUT2D eigenvalue weighted by Gasteiger charge is -2.15. The topological polar surface area (TPSA) is 74.3 Å². The molecule has 0 amide bonds. The van der Waals surface area contributed by atoms with Crippen LogP contribution in [0.15, 0.2) is 42.5 Å². The number of allylic oxidation sites excluding steroid dienone is 4. The average molecular weight is 840 g/mol. The zero-order valence-electron chi connectivity index (χ0n) is 39.6. The molecule has 0 bridgehead atoms. The second-order valence-electron chi connectivity index (χ2n) is 17.3. The van der Waals surface area contributed by atoms with E-state index in [0.29, 0.717) is 39.3 Å². The predicted molar refractivity (Wildman–Crippen MR) is 254 cm³/mol. The van der Waals surface area contributed by atoms with E-state index in [2.05, 4.69) is 55.2 Å². The Morgan fingerprint density at radius 1 is 0.433 bits per heavy atom. The number of nitrogens with zero attached hydrogens (tertiary/aromatic N) is 1. The minimum absolute atomic E-state index is 0.0846. The lowest BCUT2D eigenvalue weighted by atomic mass is 10.1. The first-order valence-electron chi connectivity index (χ1n) is 25.1. The van der Waals surface area contributed by atoms with Gasteiger partial charge in [-0.15, -0.1) is 0 Å². The zero-order chi connectivity index (χ0) is 43.4. The van der Waals surface area contributed by atoms with Crippen LogP contribution in [0.3, 0.4) is 0 Å². The van der Waals surface area contributed by atoms with E-state index in [-0.39, 0.29) is 11.9 Å². The van der Waals surface area contributed by atoms with Crippen LogP contribution in [-0.2, 0) is 25.6 Å². The van der Waals surface area contributed by atoms with Gasteiger partial charge in [-0.2, -0.15) is 0 Å². The van der Waals surface area contributed by atoms with Crippen LogP contribution in [0.25, 0.3) is 0 Å². The molecule has 0 aliphatic carbocycles. The van der Waals surface area contributed by atoms with Gasteiger partial charge in [-0.25, -0.2) is 0 Å². The lowest BCUT2D eigenvalue weighted by molar-refractivity contribution is -0.144. The maximum atomic E-state index is 12.2. The molecule has 0 saturated carbocycles. The van der Waals surface area contributed by atoms with E-state index < -0.39 is 0 Å². The minimum Gasteiger partial charge on any atom is -0.493 e. The van der Waals surface area contributed by atoms with Crippen molar-refractivity contribution in [1.29, 1.82) is 0 Å². The van der Waals surface area contributed by atoms with Gasteiger partial charge in [-0.3, -0.25) is 9.59 Å². The molecule has 0 aromatic heterocycles. The first-order valence-corrected chi connectivity index (χ1v) is 25.1. The van der Waals surface area contributed by atoms with Gasteiger partial charge in [0.15, 0.2) is 0 Å². The Morgan fingerprint density at radius 2 is 0.767 bits per heavy atom. The van der Waals surface area contributed by atoms with Crippen molar-refractivity contribution in [3.63, 3.8) is 0 Å². The van der Waals surface area contributed by atoms with Gasteiger partial charge in [0.2, 0.25) is 0 Å². The molecule has 7 nitrogen and oxygen atoms in total. The normalized spacial score (nSPS) is 11.6. The Balaban J connectivity index is 2.08. The summed E-state index contributed by atoms with van der Waals surface area (Å²) in [6.45, 7) is 7.31. The fraction of sp³-hybridized carbons (Fsp3) is 0.774. The van der Waals surface area contributed by atoms with Crippen LogP contribution in [-0.4, -0.2) is 57.4 Å². The standard InChI is InChI=1S/C53H93NO6/c1-5-7-9-11-13-15-17-19-21-23-25-27-29-31-33-39-52(55)59-43-37-35-41-57-50-45-49(48-54(3)4)46-51(47-50)58-42-36-38-44-60-53(56)40-34-32-30-28-26-24-22-20-18-16-14-12-10-8-6-2/h19-22,45-47H,5-18,23-44,48H2,1-4H3. The number of carbonyl (C=O) groups is 2. The van der Waals surface area contributed by atoms with E-state index in [1.807, 2.05) is 20.2 Å². The van der Waals surface area contributed by atoms with E-state index in [4.69, 9.17) is 18.9 Å². The van der Waals surface area contributed by atoms with Gasteiger partial charge in [-0.1, -0.05) is 141 Å². The maximum absolute atomic E-state index is 12.2. The molecule has 0 aliphatic heterocycles. The van der Waals surface area contributed by atoms with Crippen molar-refractivity contribution in [1.82, 2.24) is 4.90 Å². The molecular weight excluding hydrogens is 747 g/mol. The Labute approximate surface area is 370 Å². The van der Waals surface area contributed by atoms with Crippen molar-refractivity contribution in [3.8, 4) is 11.5 Å². The number of hydrogen-bond acceptors (Lipinski definition) is 7. The molecule has 0 aliphatic rings. The number of ether oxygens (including phenoxy) is 4. The number of unbranched alkanes of at least 4 members (excludes halogenated alkanes) is 24. The molecule has 0 unspecified atom stereocenters. The van der Waals surface area contributed by atoms with Crippen LogP contribution in [0.5, 0.6) is 11.5 Å². The third-order valence-corrected chi connectivity index (χ3v) is 10.9. The fourth-order valence-corrected chi connectivity index (χ4v) is 7.24. The highest BCUT2D eigenvalue weighted by Crippen LogP contribution is 2.25. The summed E-state index contributed by atoms with van der Waals surface area (Å²) in [6, 6.07) is 6.08. The molecule has 0 saturated heterocycles. The first kappa shape index (κ1) is 55.2. The molecule has 7 heteroatoms. The molecule has 0 atom stereocenters. The largest absolute Gasteiger partial charge is 0.493 e. The summed E-state index contributed by atoms with van der Waals surface area (Å²) in [7, 11) is 4.10. The van der Waals surface area contributed by atoms with Gasteiger partial charge < -0.3 is 23.8 Å². The Hall–Kier alpha value is -2.80. The molecule has 60 heavy (non-hydrogen) atoms. The number of benzene rings is 1.